The van der Waals surface area contributed by atoms with E-state index in [2.05, 4.69) is 6.58 Å². The van der Waals surface area contributed by atoms with E-state index in [0.717, 1.165) is 11.8 Å². The van der Waals surface area contributed by atoms with Gasteiger partial charge in [0.15, 0.2) is 0 Å². The summed E-state index contributed by atoms with van der Waals surface area (Å²) in [5.41, 5.74) is 6.34. The molecule has 0 radical (unpaired) electrons. The number of nitrogens with two attached hydrogens (primary N) is 1. The first-order valence-corrected chi connectivity index (χ1v) is 14.2. The standard InChI is InChI=1S/C29H49NO12/c1-2-29(31)42-26-24-40-22-20-38-18-16-36-14-12-34-10-8-32-7-9-33-11-13-35-15-17-37-19-21-39-23-25-41-28-5-3-27(30)4-6-28/h2-6H,1,7-26,30H2. The minimum atomic E-state index is -0.460. The highest BCUT2D eigenvalue weighted by Crippen LogP contribution is 2.12. The van der Waals surface area contributed by atoms with Crippen molar-refractivity contribution in [3.8, 4) is 5.75 Å². The van der Waals surface area contributed by atoms with E-state index in [-0.39, 0.29) is 6.61 Å². The van der Waals surface area contributed by atoms with Crippen molar-refractivity contribution < 1.29 is 56.9 Å². The Kier molecular flexibility index (Phi) is 27.0. The summed E-state index contributed by atoms with van der Waals surface area (Å²) in [5.74, 6) is 0.308. The van der Waals surface area contributed by atoms with Crippen molar-refractivity contribution in [1.82, 2.24) is 0 Å². The third-order valence-corrected chi connectivity index (χ3v) is 4.99. The zero-order chi connectivity index (χ0) is 30.2. The van der Waals surface area contributed by atoms with Gasteiger partial charge in [-0.05, 0) is 24.3 Å². The quantitative estimate of drug-likeness (QED) is 0.0550. The van der Waals surface area contributed by atoms with E-state index in [1.54, 1.807) is 12.1 Å². The van der Waals surface area contributed by atoms with Crippen LogP contribution in [0.1, 0.15) is 0 Å². The molecular formula is C29H49NO12. The SMILES string of the molecule is C=CC(=O)OCCOCCOCCOCCOCCOCCOCCOCCOCCOCCOc1ccc(N)cc1. The monoisotopic (exact) mass is 603 g/mol. The minimum Gasteiger partial charge on any atom is -0.491 e. The number of anilines is 1. The number of hydrogen-bond acceptors (Lipinski definition) is 13. The summed E-state index contributed by atoms with van der Waals surface area (Å²) in [6, 6.07) is 7.25. The molecule has 42 heavy (non-hydrogen) atoms. The maximum atomic E-state index is 10.8. The second kappa shape index (κ2) is 30.1. The summed E-state index contributed by atoms with van der Waals surface area (Å²) in [5, 5.41) is 0. The maximum Gasteiger partial charge on any atom is 0.330 e. The highest BCUT2D eigenvalue weighted by atomic mass is 16.6. The fourth-order valence-corrected chi connectivity index (χ4v) is 2.90. The lowest BCUT2D eigenvalue weighted by molar-refractivity contribution is -0.139. The summed E-state index contributed by atoms with van der Waals surface area (Å²) >= 11 is 0. The molecule has 13 heteroatoms. The Bertz CT molecular complexity index is 738. The topological polar surface area (TPSA) is 145 Å². The molecule has 1 aromatic rings. The van der Waals surface area contributed by atoms with Crippen LogP contribution in [0, 0.1) is 0 Å². The van der Waals surface area contributed by atoms with E-state index in [9.17, 15) is 4.79 Å². The number of benzene rings is 1. The van der Waals surface area contributed by atoms with Gasteiger partial charge in [-0.1, -0.05) is 6.58 Å². The Morgan fingerprint density at radius 1 is 0.500 bits per heavy atom. The van der Waals surface area contributed by atoms with Crippen LogP contribution in [-0.4, -0.2) is 138 Å². The van der Waals surface area contributed by atoms with Gasteiger partial charge in [0.25, 0.3) is 0 Å². The smallest absolute Gasteiger partial charge is 0.330 e. The van der Waals surface area contributed by atoms with Crippen molar-refractivity contribution in [3.63, 3.8) is 0 Å². The van der Waals surface area contributed by atoms with Crippen LogP contribution in [0.5, 0.6) is 5.75 Å². The highest BCUT2D eigenvalue weighted by Gasteiger charge is 1.98. The van der Waals surface area contributed by atoms with Crippen LogP contribution < -0.4 is 10.5 Å². The molecule has 13 nitrogen and oxygen atoms in total. The van der Waals surface area contributed by atoms with Crippen LogP contribution in [-0.2, 0) is 52.2 Å². The fourth-order valence-electron chi connectivity index (χ4n) is 2.90. The molecule has 0 fully saturated rings. The highest BCUT2D eigenvalue weighted by molar-refractivity contribution is 5.81. The molecule has 2 N–H and O–H groups in total. The molecule has 0 atom stereocenters. The summed E-state index contributed by atoms with van der Waals surface area (Å²) < 4.78 is 59.1. The number of esters is 1. The van der Waals surface area contributed by atoms with Crippen molar-refractivity contribution in [1.29, 1.82) is 0 Å². The average molecular weight is 604 g/mol. The molecule has 0 aromatic heterocycles. The van der Waals surface area contributed by atoms with Crippen LogP contribution in [0.15, 0.2) is 36.9 Å². The minimum absolute atomic E-state index is 0.198. The van der Waals surface area contributed by atoms with Gasteiger partial charge in [-0.25, -0.2) is 4.79 Å². The normalized spacial score (nSPS) is 11.0. The third-order valence-electron chi connectivity index (χ3n) is 4.99. The van der Waals surface area contributed by atoms with E-state index in [0.29, 0.717) is 131 Å². The summed E-state index contributed by atoms with van der Waals surface area (Å²) in [6.07, 6.45) is 1.11. The molecule has 0 saturated heterocycles. The molecule has 0 bridgehead atoms. The lowest BCUT2D eigenvalue weighted by Gasteiger charge is -2.09. The summed E-state index contributed by atoms with van der Waals surface area (Å²) in [4.78, 5) is 10.8. The van der Waals surface area contributed by atoms with Crippen LogP contribution in [0.25, 0.3) is 0 Å². The van der Waals surface area contributed by atoms with Gasteiger partial charge in [0.05, 0.1) is 119 Å². The van der Waals surface area contributed by atoms with E-state index in [1.807, 2.05) is 12.1 Å². The van der Waals surface area contributed by atoms with Crippen molar-refractivity contribution >= 4 is 11.7 Å². The van der Waals surface area contributed by atoms with Gasteiger partial charge in [-0.15, -0.1) is 0 Å². The Labute approximate surface area is 249 Å². The Hall–Kier alpha value is -2.33. The summed E-state index contributed by atoms with van der Waals surface area (Å²) in [6.45, 7) is 12.6. The Morgan fingerprint density at radius 2 is 0.786 bits per heavy atom. The van der Waals surface area contributed by atoms with Crippen LogP contribution in [0.2, 0.25) is 0 Å². The van der Waals surface area contributed by atoms with Crippen LogP contribution in [0.4, 0.5) is 5.69 Å². The van der Waals surface area contributed by atoms with E-state index < -0.39 is 5.97 Å². The number of carbonyl (C=O) groups is 1. The number of nitrogen functional groups attached to an aromatic ring is 1. The second-order valence-electron chi connectivity index (χ2n) is 8.30. The second-order valence-corrected chi connectivity index (χ2v) is 8.30. The predicted molar refractivity (Wildman–Crippen MR) is 155 cm³/mol. The maximum absolute atomic E-state index is 10.8. The molecule has 0 aliphatic rings. The lowest BCUT2D eigenvalue weighted by Crippen LogP contribution is -2.15. The van der Waals surface area contributed by atoms with Gasteiger partial charge in [0.2, 0.25) is 0 Å². The fraction of sp³-hybridized carbons (Fsp3) is 0.690. The van der Waals surface area contributed by atoms with Crippen LogP contribution >= 0.6 is 0 Å². The first-order valence-electron chi connectivity index (χ1n) is 14.2. The van der Waals surface area contributed by atoms with Gasteiger partial charge >= 0.3 is 5.97 Å². The first-order chi connectivity index (χ1) is 20.7. The molecular weight excluding hydrogens is 554 g/mol. The molecule has 0 spiro atoms. The molecule has 0 saturated carbocycles. The van der Waals surface area contributed by atoms with Gasteiger partial charge in [0, 0.05) is 11.8 Å². The van der Waals surface area contributed by atoms with Gasteiger partial charge < -0.3 is 57.8 Å². The number of ether oxygens (including phenoxy) is 11. The number of hydrogen-bond donors (Lipinski definition) is 1. The van der Waals surface area contributed by atoms with Gasteiger partial charge in [-0.2, -0.15) is 0 Å². The lowest BCUT2D eigenvalue weighted by atomic mass is 10.3. The largest absolute Gasteiger partial charge is 0.491 e. The molecule has 242 valence electrons. The zero-order valence-corrected chi connectivity index (χ0v) is 24.7. The van der Waals surface area contributed by atoms with Gasteiger partial charge in [-0.3, -0.25) is 0 Å². The molecule has 0 heterocycles. The van der Waals surface area contributed by atoms with Crippen molar-refractivity contribution in [2.75, 3.05) is 138 Å². The number of rotatable bonds is 32. The molecule has 0 unspecified atom stereocenters. The Morgan fingerprint density at radius 3 is 1.10 bits per heavy atom. The first kappa shape index (κ1) is 37.7. The molecule has 1 rings (SSSR count). The van der Waals surface area contributed by atoms with E-state index >= 15 is 0 Å². The van der Waals surface area contributed by atoms with Crippen molar-refractivity contribution in [3.05, 3.63) is 36.9 Å². The van der Waals surface area contributed by atoms with Crippen LogP contribution in [0.3, 0.4) is 0 Å². The van der Waals surface area contributed by atoms with Crippen molar-refractivity contribution in [2.45, 2.75) is 0 Å². The number of carbonyl (C=O) groups excluding carboxylic acids is 1. The zero-order valence-electron chi connectivity index (χ0n) is 24.7. The molecule has 1 aromatic carbocycles. The van der Waals surface area contributed by atoms with E-state index in [4.69, 9.17) is 57.8 Å². The molecule has 0 aliphatic heterocycles. The molecule has 0 aliphatic carbocycles. The van der Waals surface area contributed by atoms with E-state index in [1.165, 1.54) is 0 Å². The molecule has 0 amide bonds. The average Bonchev–Trinajstić information content (AvgIpc) is 3.00. The van der Waals surface area contributed by atoms with Crippen molar-refractivity contribution in [2.24, 2.45) is 0 Å². The summed E-state index contributed by atoms with van der Waals surface area (Å²) in [7, 11) is 0. The predicted octanol–water partition coefficient (Wildman–Crippen LogP) is 1.53. The van der Waals surface area contributed by atoms with Gasteiger partial charge in [0.1, 0.15) is 19.0 Å². The third kappa shape index (κ3) is 26.6. The Balaban J connectivity index is 1.64.